The molecule has 0 heterocycles. The number of amides is 1. The van der Waals surface area contributed by atoms with E-state index >= 15 is 0 Å². The number of hydrogen-bond acceptors (Lipinski definition) is 3. The van der Waals surface area contributed by atoms with Gasteiger partial charge in [-0.15, -0.1) is 0 Å². The fourth-order valence-electron chi connectivity index (χ4n) is 2.09. The molecule has 0 spiro atoms. The van der Waals surface area contributed by atoms with Crippen LogP contribution >= 0.6 is 11.6 Å². The Morgan fingerprint density at radius 1 is 1.14 bits per heavy atom. The van der Waals surface area contributed by atoms with Gasteiger partial charge in [-0.1, -0.05) is 35.9 Å². The van der Waals surface area contributed by atoms with E-state index in [1.165, 1.54) is 0 Å². The van der Waals surface area contributed by atoms with E-state index in [-0.39, 0.29) is 12.5 Å². The van der Waals surface area contributed by atoms with Crippen LogP contribution in [0.2, 0.25) is 5.02 Å². The Labute approximate surface area is 135 Å². The second-order valence-corrected chi connectivity index (χ2v) is 5.31. The SMILES string of the molecule is COCc1ccccc1NCC(=O)Nc1cccc(Cl)c1C. The van der Waals surface area contributed by atoms with Gasteiger partial charge in [0.05, 0.1) is 13.2 Å². The first-order chi connectivity index (χ1) is 10.6. The molecule has 0 aliphatic carbocycles. The number of anilines is 2. The highest BCUT2D eigenvalue weighted by Crippen LogP contribution is 2.23. The smallest absolute Gasteiger partial charge is 0.243 e. The topological polar surface area (TPSA) is 50.4 Å². The van der Waals surface area contributed by atoms with Crippen LogP contribution < -0.4 is 10.6 Å². The minimum absolute atomic E-state index is 0.127. The van der Waals surface area contributed by atoms with Crippen LogP contribution in [0.5, 0.6) is 0 Å². The number of halogens is 1. The Balaban J connectivity index is 1.97. The Bertz CT molecular complexity index is 659. The van der Waals surface area contributed by atoms with Crippen molar-refractivity contribution in [2.24, 2.45) is 0 Å². The minimum atomic E-state index is -0.127. The Morgan fingerprint density at radius 3 is 2.64 bits per heavy atom. The zero-order valence-electron chi connectivity index (χ0n) is 12.7. The Morgan fingerprint density at radius 2 is 1.86 bits per heavy atom. The lowest BCUT2D eigenvalue weighted by atomic mass is 10.2. The van der Waals surface area contributed by atoms with Crippen LogP contribution in [0, 0.1) is 6.92 Å². The van der Waals surface area contributed by atoms with E-state index in [4.69, 9.17) is 16.3 Å². The van der Waals surface area contributed by atoms with E-state index < -0.39 is 0 Å². The van der Waals surface area contributed by atoms with Crippen molar-refractivity contribution in [3.63, 3.8) is 0 Å². The van der Waals surface area contributed by atoms with E-state index in [9.17, 15) is 4.79 Å². The third-order valence-electron chi connectivity index (χ3n) is 3.30. The summed E-state index contributed by atoms with van der Waals surface area (Å²) in [4.78, 5) is 12.1. The third kappa shape index (κ3) is 4.23. The fourth-order valence-corrected chi connectivity index (χ4v) is 2.26. The summed E-state index contributed by atoms with van der Waals surface area (Å²) >= 11 is 6.04. The van der Waals surface area contributed by atoms with Crippen LogP contribution in [-0.2, 0) is 16.1 Å². The van der Waals surface area contributed by atoms with E-state index in [1.807, 2.05) is 43.3 Å². The van der Waals surface area contributed by atoms with E-state index in [2.05, 4.69) is 10.6 Å². The van der Waals surface area contributed by atoms with Crippen molar-refractivity contribution in [1.82, 2.24) is 0 Å². The molecule has 2 rings (SSSR count). The van der Waals surface area contributed by atoms with Gasteiger partial charge in [0.25, 0.3) is 0 Å². The number of hydrogen-bond donors (Lipinski definition) is 2. The van der Waals surface area contributed by atoms with E-state index in [0.717, 1.165) is 22.5 Å². The predicted molar refractivity (Wildman–Crippen MR) is 90.5 cm³/mol. The summed E-state index contributed by atoms with van der Waals surface area (Å²) in [7, 11) is 1.64. The summed E-state index contributed by atoms with van der Waals surface area (Å²) in [5.74, 6) is -0.127. The zero-order valence-corrected chi connectivity index (χ0v) is 13.4. The minimum Gasteiger partial charge on any atom is -0.380 e. The maximum Gasteiger partial charge on any atom is 0.243 e. The highest BCUT2D eigenvalue weighted by Gasteiger charge is 2.08. The molecule has 0 saturated heterocycles. The quantitative estimate of drug-likeness (QED) is 0.850. The molecule has 0 aromatic heterocycles. The number of carbonyl (C=O) groups is 1. The standard InChI is InChI=1S/C17H19ClN2O2/c1-12-14(18)7-5-9-15(12)20-17(21)10-19-16-8-4-3-6-13(16)11-22-2/h3-9,19H,10-11H2,1-2H3,(H,20,21). The van der Waals surface area contributed by atoms with Crippen molar-refractivity contribution in [2.45, 2.75) is 13.5 Å². The maximum atomic E-state index is 12.1. The number of ether oxygens (including phenoxy) is 1. The fraction of sp³-hybridized carbons (Fsp3) is 0.235. The molecular formula is C17H19ClN2O2. The normalized spacial score (nSPS) is 10.3. The van der Waals surface area contributed by atoms with Gasteiger partial charge in [-0.05, 0) is 30.7 Å². The molecule has 1 amide bonds. The summed E-state index contributed by atoms with van der Waals surface area (Å²) < 4.78 is 5.14. The average Bonchev–Trinajstić information content (AvgIpc) is 2.51. The lowest BCUT2D eigenvalue weighted by molar-refractivity contribution is -0.114. The lowest BCUT2D eigenvalue weighted by Gasteiger charge is -2.13. The second-order valence-electron chi connectivity index (χ2n) is 4.90. The molecule has 0 radical (unpaired) electrons. The predicted octanol–water partition coefficient (Wildman–Crippen LogP) is 3.85. The molecule has 0 bridgehead atoms. The Hall–Kier alpha value is -2.04. The second kappa shape index (κ2) is 7.82. The van der Waals surface area contributed by atoms with Crippen LogP contribution in [0.25, 0.3) is 0 Å². The van der Waals surface area contributed by atoms with Crippen LogP contribution in [-0.4, -0.2) is 19.6 Å². The first kappa shape index (κ1) is 16.3. The largest absolute Gasteiger partial charge is 0.380 e. The number of carbonyl (C=O) groups excluding carboxylic acids is 1. The number of rotatable bonds is 6. The van der Waals surface area contributed by atoms with Gasteiger partial charge >= 0.3 is 0 Å². The molecule has 116 valence electrons. The summed E-state index contributed by atoms with van der Waals surface area (Å²) in [6.45, 7) is 2.55. The molecule has 0 atom stereocenters. The summed E-state index contributed by atoms with van der Waals surface area (Å²) in [5, 5.41) is 6.62. The molecule has 4 nitrogen and oxygen atoms in total. The monoisotopic (exact) mass is 318 g/mol. The maximum absolute atomic E-state index is 12.1. The van der Waals surface area contributed by atoms with Gasteiger partial charge in [0.2, 0.25) is 5.91 Å². The van der Waals surface area contributed by atoms with Gasteiger partial charge in [-0.3, -0.25) is 4.79 Å². The molecule has 0 aliphatic rings. The number of nitrogens with one attached hydrogen (secondary N) is 2. The molecule has 0 fully saturated rings. The number of para-hydroxylation sites is 1. The number of benzene rings is 2. The van der Waals surface area contributed by atoms with Gasteiger partial charge in [0.15, 0.2) is 0 Å². The first-order valence-electron chi connectivity index (χ1n) is 6.97. The third-order valence-corrected chi connectivity index (χ3v) is 3.71. The zero-order chi connectivity index (χ0) is 15.9. The summed E-state index contributed by atoms with van der Waals surface area (Å²) in [6, 6.07) is 13.2. The van der Waals surface area contributed by atoms with Crippen molar-refractivity contribution in [2.75, 3.05) is 24.3 Å². The average molecular weight is 319 g/mol. The van der Waals surface area contributed by atoms with Crippen LogP contribution in [0.1, 0.15) is 11.1 Å². The van der Waals surface area contributed by atoms with Crippen LogP contribution in [0.15, 0.2) is 42.5 Å². The molecule has 0 unspecified atom stereocenters. The molecule has 22 heavy (non-hydrogen) atoms. The van der Waals surface area contributed by atoms with Gasteiger partial charge in [0.1, 0.15) is 0 Å². The van der Waals surface area contributed by atoms with Gasteiger partial charge < -0.3 is 15.4 Å². The number of methoxy groups -OCH3 is 1. The molecule has 0 saturated carbocycles. The summed E-state index contributed by atoms with van der Waals surface area (Å²) in [5.41, 5.74) is 3.49. The van der Waals surface area contributed by atoms with Gasteiger partial charge in [0, 0.05) is 29.1 Å². The van der Waals surface area contributed by atoms with E-state index in [0.29, 0.717) is 11.6 Å². The van der Waals surface area contributed by atoms with Gasteiger partial charge in [-0.2, -0.15) is 0 Å². The summed E-state index contributed by atoms with van der Waals surface area (Å²) in [6.07, 6.45) is 0. The van der Waals surface area contributed by atoms with Crippen LogP contribution in [0.4, 0.5) is 11.4 Å². The van der Waals surface area contributed by atoms with Gasteiger partial charge in [-0.25, -0.2) is 0 Å². The van der Waals surface area contributed by atoms with Crippen molar-refractivity contribution in [3.05, 3.63) is 58.6 Å². The highest BCUT2D eigenvalue weighted by molar-refractivity contribution is 6.31. The van der Waals surface area contributed by atoms with Crippen molar-refractivity contribution >= 4 is 28.9 Å². The van der Waals surface area contributed by atoms with Crippen LogP contribution in [0.3, 0.4) is 0 Å². The Kier molecular flexibility index (Phi) is 5.81. The van der Waals surface area contributed by atoms with Crippen molar-refractivity contribution in [3.8, 4) is 0 Å². The molecule has 0 aliphatic heterocycles. The van der Waals surface area contributed by atoms with Crippen molar-refractivity contribution < 1.29 is 9.53 Å². The first-order valence-corrected chi connectivity index (χ1v) is 7.35. The molecule has 5 heteroatoms. The molecule has 2 aromatic rings. The lowest BCUT2D eigenvalue weighted by Crippen LogP contribution is -2.22. The van der Waals surface area contributed by atoms with Crippen molar-refractivity contribution in [1.29, 1.82) is 0 Å². The molecular weight excluding hydrogens is 300 g/mol. The molecule has 2 aromatic carbocycles. The highest BCUT2D eigenvalue weighted by atomic mass is 35.5. The van der Waals surface area contributed by atoms with E-state index in [1.54, 1.807) is 13.2 Å². The molecule has 2 N–H and O–H groups in total.